The summed E-state index contributed by atoms with van der Waals surface area (Å²) in [5.74, 6) is 0.551. The third-order valence-corrected chi connectivity index (χ3v) is 5.22. The van der Waals surface area contributed by atoms with Crippen LogP contribution >= 0.6 is 11.6 Å². The third-order valence-electron chi connectivity index (χ3n) is 4.93. The second kappa shape index (κ2) is 7.12. The van der Waals surface area contributed by atoms with E-state index in [0.717, 1.165) is 0 Å². The lowest BCUT2D eigenvalue weighted by Crippen LogP contribution is -2.52. The molecule has 2 aliphatic rings. The van der Waals surface area contributed by atoms with Crippen molar-refractivity contribution in [3.63, 3.8) is 0 Å². The van der Waals surface area contributed by atoms with Gasteiger partial charge in [-0.3, -0.25) is 4.79 Å². The minimum absolute atomic E-state index is 0.0702. The molecule has 1 N–H and O–H groups in total. The molecule has 1 saturated heterocycles. The number of hydrogen-bond donors (Lipinski definition) is 1. The van der Waals surface area contributed by atoms with Crippen molar-refractivity contribution in [3.8, 4) is 5.75 Å². The van der Waals surface area contributed by atoms with E-state index < -0.39 is 0 Å². The maximum atomic E-state index is 12.6. The number of rotatable bonds is 4. The summed E-state index contributed by atoms with van der Waals surface area (Å²) < 4.78 is 5.79. The highest BCUT2D eigenvalue weighted by atomic mass is 35.5. The SMILES string of the molecule is CNC(=O)N1CCN(C(=O)c2ccc(OCC3(C)CC3)c(Cl)c2)CC1. The van der Waals surface area contributed by atoms with Crippen molar-refractivity contribution in [3.05, 3.63) is 28.8 Å². The molecule has 1 saturated carbocycles. The van der Waals surface area contributed by atoms with Crippen LogP contribution in [-0.2, 0) is 0 Å². The molecule has 2 fully saturated rings. The third kappa shape index (κ3) is 4.18. The van der Waals surface area contributed by atoms with Gasteiger partial charge in [-0.15, -0.1) is 0 Å². The number of nitrogens with zero attached hydrogens (tertiary/aromatic N) is 2. The number of urea groups is 1. The Kier molecular flexibility index (Phi) is 5.08. The van der Waals surface area contributed by atoms with Crippen LogP contribution in [0.2, 0.25) is 5.02 Å². The van der Waals surface area contributed by atoms with Crippen LogP contribution in [-0.4, -0.2) is 61.6 Å². The Balaban J connectivity index is 1.59. The van der Waals surface area contributed by atoms with E-state index in [1.54, 1.807) is 35.0 Å². The van der Waals surface area contributed by atoms with Gasteiger partial charge in [0.05, 0.1) is 11.6 Å². The molecule has 136 valence electrons. The van der Waals surface area contributed by atoms with Gasteiger partial charge in [-0.2, -0.15) is 0 Å². The minimum atomic E-state index is -0.110. The molecule has 0 unspecified atom stereocenters. The highest BCUT2D eigenvalue weighted by Gasteiger charge is 2.38. The van der Waals surface area contributed by atoms with E-state index in [1.165, 1.54) is 12.8 Å². The maximum Gasteiger partial charge on any atom is 0.317 e. The summed E-state index contributed by atoms with van der Waals surface area (Å²) in [5.41, 5.74) is 0.825. The van der Waals surface area contributed by atoms with E-state index in [2.05, 4.69) is 12.2 Å². The van der Waals surface area contributed by atoms with Crippen LogP contribution in [0.15, 0.2) is 18.2 Å². The van der Waals surface area contributed by atoms with Crippen LogP contribution in [0.1, 0.15) is 30.1 Å². The van der Waals surface area contributed by atoms with Crippen molar-refractivity contribution < 1.29 is 14.3 Å². The van der Waals surface area contributed by atoms with Gasteiger partial charge in [-0.25, -0.2) is 4.79 Å². The number of amides is 3. The fourth-order valence-electron chi connectivity index (χ4n) is 2.81. The van der Waals surface area contributed by atoms with Gasteiger partial charge in [0.2, 0.25) is 0 Å². The summed E-state index contributed by atoms with van der Waals surface area (Å²) in [7, 11) is 1.61. The molecule has 1 aliphatic heterocycles. The van der Waals surface area contributed by atoms with Gasteiger partial charge >= 0.3 is 6.03 Å². The van der Waals surface area contributed by atoms with Crippen LogP contribution in [0.5, 0.6) is 5.75 Å². The summed E-state index contributed by atoms with van der Waals surface area (Å²) in [6.07, 6.45) is 2.37. The number of piperazine rings is 1. The van der Waals surface area contributed by atoms with Gasteiger partial charge in [-0.1, -0.05) is 18.5 Å². The summed E-state index contributed by atoms with van der Waals surface area (Å²) in [6, 6.07) is 5.08. The summed E-state index contributed by atoms with van der Waals surface area (Å²) in [5, 5.41) is 3.06. The Labute approximate surface area is 153 Å². The molecule has 3 rings (SSSR count). The summed E-state index contributed by atoms with van der Waals surface area (Å²) in [4.78, 5) is 27.7. The fourth-order valence-corrected chi connectivity index (χ4v) is 3.05. The quantitative estimate of drug-likeness (QED) is 0.892. The standard InChI is InChI=1S/C18H24ClN3O3/c1-18(5-6-18)12-25-15-4-3-13(11-14(15)19)16(23)21-7-9-22(10-8-21)17(24)20-2/h3-4,11H,5-10,12H2,1-2H3,(H,20,24). The highest BCUT2D eigenvalue weighted by molar-refractivity contribution is 6.32. The average molecular weight is 366 g/mol. The Bertz CT molecular complexity index is 668. The normalized spacial score (nSPS) is 18.7. The molecule has 0 atom stereocenters. The molecule has 1 aromatic carbocycles. The largest absolute Gasteiger partial charge is 0.491 e. The van der Waals surface area contributed by atoms with E-state index >= 15 is 0 Å². The number of carbonyl (C=O) groups excluding carboxylic acids is 2. The predicted molar refractivity (Wildman–Crippen MR) is 96.2 cm³/mol. The van der Waals surface area contributed by atoms with Crippen LogP contribution in [0.25, 0.3) is 0 Å². The Morgan fingerprint density at radius 3 is 2.40 bits per heavy atom. The van der Waals surface area contributed by atoms with E-state index in [9.17, 15) is 9.59 Å². The van der Waals surface area contributed by atoms with Crippen molar-refractivity contribution in [2.24, 2.45) is 5.41 Å². The summed E-state index contributed by atoms with van der Waals surface area (Å²) in [6.45, 7) is 4.93. The smallest absolute Gasteiger partial charge is 0.317 e. The second-order valence-electron chi connectivity index (χ2n) is 7.08. The van der Waals surface area contributed by atoms with Crippen molar-refractivity contribution in [1.82, 2.24) is 15.1 Å². The number of halogens is 1. The van der Waals surface area contributed by atoms with Crippen LogP contribution in [0.3, 0.4) is 0 Å². The van der Waals surface area contributed by atoms with Gasteiger partial charge in [-0.05, 0) is 31.0 Å². The topological polar surface area (TPSA) is 61.9 Å². The maximum absolute atomic E-state index is 12.6. The van der Waals surface area contributed by atoms with Gasteiger partial charge < -0.3 is 19.9 Å². The molecule has 7 heteroatoms. The Morgan fingerprint density at radius 1 is 1.20 bits per heavy atom. The van der Waals surface area contributed by atoms with Crippen molar-refractivity contribution in [2.75, 3.05) is 39.8 Å². The first-order valence-electron chi connectivity index (χ1n) is 8.60. The zero-order valence-electron chi connectivity index (χ0n) is 14.7. The molecule has 0 radical (unpaired) electrons. The molecule has 0 aromatic heterocycles. The number of nitrogens with one attached hydrogen (secondary N) is 1. The molecular formula is C18H24ClN3O3. The molecule has 3 amide bonds. The van der Waals surface area contributed by atoms with Crippen LogP contribution in [0, 0.1) is 5.41 Å². The average Bonchev–Trinajstić information content (AvgIpc) is 3.37. The molecular weight excluding hydrogens is 342 g/mol. The Morgan fingerprint density at radius 2 is 1.84 bits per heavy atom. The van der Waals surface area contributed by atoms with E-state index in [-0.39, 0.29) is 17.4 Å². The molecule has 25 heavy (non-hydrogen) atoms. The molecule has 0 spiro atoms. The zero-order chi connectivity index (χ0) is 18.0. The fraction of sp³-hybridized carbons (Fsp3) is 0.556. The number of carbonyl (C=O) groups is 2. The van der Waals surface area contributed by atoms with E-state index in [1.807, 2.05) is 0 Å². The molecule has 6 nitrogen and oxygen atoms in total. The Hall–Kier alpha value is -1.95. The lowest BCUT2D eigenvalue weighted by Gasteiger charge is -2.34. The molecule has 1 aliphatic carbocycles. The van der Waals surface area contributed by atoms with Crippen molar-refractivity contribution >= 4 is 23.5 Å². The van der Waals surface area contributed by atoms with Crippen LogP contribution < -0.4 is 10.1 Å². The first-order chi connectivity index (χ1) is 11.9. The first-order valence-corrected chi connectivity index (χ1v) is 8.98. The molecule has 1 aromatic rings. The minimum Gasteiger partial charge on any atom is -0.491 e. The van der Waals surface area contributed by atoms with Crippen molar-refractivity contribution in [1.29, 1.82) is 0 Å². The molecule has 0 bridgehead atoms. The van der Waals surface area contributed by atoms with Gasteiger partial charge in [0.15, 0.2) is 0 Å². The zero-order valence-corrected chi connectivity index (χ0v) is 15.4. The van der Waals surface area contributed by atoms with E-state index in [0.29, 0.717) is 49.1 Å². The summed E-state index contributed by atoms with van der Waals surface area (Å²) >= 11 is 6.29. The van der Waals surface area contributed by atoms with Gasteiger partial charge in [0, 0.05) is 44.2 Å². The van der Waals surface area contributed by atoms with Gasteiger partial charge in [0.1, 0.15) is 5.75 Å². The lowest BCUT2D eigenvalue weighted by molar-refractivity contribution is 0.0666. The predicted octanol–water partition coefficient (Wildman–Crippen LogP) is 2.62. The monoisotopic (exact) mass is 365 g/mol. The second-order valence-corrected chi connectivity index (χ2v) is 7.49. The van der Waals surface area contributed by atoms with Crippen molar-refractivity contribution in [2.45, 2.75) is 19.8 Å². The molecule has 1 heterocycles. The van der Waals surface area contributed by atoms with Crippen LogP contribution in [0.4, 0.5) is 4.79 Å². The first kappa shape index (κ1) is 17.9. The number of ether oxygens (including phenoxy) is 1. The van der Waals surface area contributed by atoms with E-state index in [4.69, 9.17) is 16.3 Å². The highest BCUT2D eigenvalue weighted by Crippen LogP contribution is 2.45. The number of benzene rings is 1. The number of hydrogen-bond acceptors (Lipinski definition) is 3. The lowest BCUT2D eigenvalue weighted by atomic mass is 10.1. The van der Waals surface area contributed by atoms with Gasteiger partial charge in [0.25, 0.3) is 5.91 Å².